The normalized spacial score (nSPS) is 13.1. The first kappa shape index (κ1) is 12.7. The maximum Gasteiger partial charge on any atom is 0.231 e. The van der Waals surface area contributed by atoms with E-state index in [0.29, 0.717) is 5.52 Å². The molecule has 108 valence electrons. The van der Waals surface area contributed by atoms with E-state index >= 15 is 0 Å². The molecule has 0 unspecified atom stereocenters. The summed E-state index contributed by atoms with van der Waals surface area (Å²) in [5, 5.41) is 10.8. The van der Waals surface area contributed by atoms with Crippen LogP contribution in [-0.2, 0) is 0 Å². The van der Waals surface area contributed by atoms with Crippen molar-refractivity contribution in [2.75, 3.05) is 6.79 Å². The molecule has 4 rings (SSSR count). The maximum atomic E-state index is 9.88. The van der Waals surface area contributed by atoms with Crippen LogP contribution in [0.5, 0.6) is 17.2 Å². The van der Waals surface area contributed by atoms with Crippen molar-refractivity contribution < 1.29 is 14.6 Å². The summed E-state index contributed by atoms with van der Waals surface area (Å²) in [5.41, 5.74) is 2.31. The molecule has 0 bridgehead atoms. The lowest BCUT2D eigenvalue weighted by Crippen LogP contribution is -1.93. The Morgan fingerprint density at radius 2 is 1.86 bits per heavy atom. The summed E-state index contributed by atoms with van der Waals surface area (Å²) in [5.74, 6) is 1.69. The van der Waals surface area contributed by atoms with Gasteiger partial charge in [-0.15, -0.1) is 0 Å². The Bertz CT molecular complexity index is 887. The monoisotopic (exact) mass is 291 g/mol. The molecule has 2 aromatic carbocycles. The SMILES string of the molecule is Oc1cccc2ccc(C=Cc3cccc4c3OCO4)nc12. The average Bonchev–Trinajstić information content (AvgIpc) is 3.02. The number of hydrogen-bond donors (Lipinski definition) is 1. The van der Waals surface area contributed by atoms with Gasteiger partial charge in [0, 0.05) is 10.9 Å². The van der Waals surface area contributed by atoms with E-state index in [2.05, 4.69) is 4.98 Å². The smallest absolute Gasteiger partial charge is 0.231 e. The first-order valence-electron chi connectivity index (χ1n) is 6.97. The molecule has 0 aliphatic carbocycles. The van der Waals surface area contributed by atoms with E-state index in [-0.39, 0.29) is 12.5 Å². The molecule has 4 nitrogen and oxygen atoms in total. The maximum absolute atomic E-state index is 9.88. The summed E-state index contributed by atoms with van der Waals surface area (Å²) >= 11 is 0. The van der Waals surface area contributed by atoms with Crippen molar-refractivity contribution in [1.82, 2.24) is 4.98 Å². The number of benzene rings is 2. The van der Waals surface area contributed by atoms with Crippen LogP contribution in [0.15, 0.2) is 48.5 Å². The fourth-order valence-corrected chi connectivity index (χ4v) is 2.50. The van der Waals surface area contributed by atoms with Crippen molar-refractivity contribution in [2.24, 2.45) is 0 Å². The molecule has 1 N–H and O–H groups in total. The van der Waals surface area contributed by atoms with Gasteiger partial charge in [0.05, 0.1) is 5.69 Å². The van der Waals surface area contributed by atoms with Crippen molar-refractivity contribution in [3.63, 3.8) is 0 Å². The minimum Gasteiger partial charge on any atom is -0.506 e. The van der Waals surface area contributed by atoms with Gasteiger partial charge in [-0.1, -0.05) is 30.3 Å². The second-order valence-electron chi connectivity index (χ2n) is 5.00. The lowest BCUT2D eigenvalue weighted by Gasteiger charge is -2.02. The van der Waals surface area contributed by atoms with Crippen LogP contribution < -0.4 is 9.47 Å². The Balaban J connectivity index is 1.72. The Morgan fingerprint density at radius 1 is 0.955 bits per heavy atom. The van der Waals surface area contributed by atoms with E-state index < -0.39 is 0 Å². The molecule has 0 spiro atoms. The highest BCUT2D eigenvalue weighted by atomic mass is 16.7. The largest absolute Gasteiger partial charge is 0.506 e. The number of aromatic nitrogens is 1. The highest BCUT2D eigenvalue weighted by Gasteiger charge is 2.15. The fourth-order valence-electron chi connectivity index (χ4n) is 2.50. The third kappa shape index (κ3) is 2.15. The van der Waals surface area contributed by atoms with Crippen molar-refractivity contribution >= 4 is 23.1 Å². The summed E-state index contributed by atoms with van der Waals surface area (Å²) in [6.45, 7) is 0.252. The predicted octanol–water partition coefficient (Wildman–Crippen LogP) is 3.84. The van der Waals surface area contributed by atoms with Crippen molar-refractivity contribution in [2.45, 2.75) is 0 Å². The number of ether oxygens (including phenoxy) is 2. The fraction of sp³-hybridized carbons (Fsp3) is 0.0556. The summed E-state index contributed by atoms with van der Waals surface area (Å²) in [4.78, 5) is 4.47. The van der Waals surface area contributed by atoms with Gasteiger partial charge >= 0.3 is 0 Å². The van der Waals surface area contributed by atoms with Crippen LogP contribution >= 0.6 is 0 Å². The van der Waals surface area contributed by atoms with Crippen molar-refractivity contribution in [3.05, 3.63) is 59.8 Å². The first-order chi connectivity index (χ1) is 10.8. The van der Waals surface area contributed by atoms with Gasteiger partial charge in [-0.3, -0.25) is 0 Å². The molecule has 0 radical (unpaired) electrons. The van der Waals surface area contributed by atoms with Crippen LogP contribution in [0.1, 0.15) is 11.3 Å². The zero-order valence-electron chi connectivity index (χ0n) is 11.7. The number of nitrogens with zero attached hydrogens (tertiary/aromatic N) is 1. The lowest BCUT2D eigenvalue weighted by molar-refractivity contribution is 0.174. The Hall–Kier alpha value is -3.01. The number of fused-ring (bicyclic) bond motifs is 2. The molecule has 1 aliphatic rings. The Labute approximate surface area is 127 Å². The molecule has 1 aliphatic heterocycles. The molecule has 0 saturated heterocycles. The molecule has 1 aromatic heterocycles. The molecule has 2 heterocycles. The average molecular weight is 291 g/mol. The quantitative estimate of drug-likeness (QED) is 0.779. The molecule has 3 aromatic rings. The molecular formula is C18H13NO3. The molecule has 22 heavy (non-hydrogen) atoms. The Kier molecular flexibility index (Phi) is 2.93. The third-order valence-corrected chi connectivity index (χ3v) is 3.58. The topological polar surface area (TPSA) is 51.6 Å². The zero-order chi connectivity index (χ0) is 14.9. The molecule has 0 amide bonds. The predicted molar refractivity (Wildman–Crippen MR) is 84.9 cm³/mol. The summed E-state index contributed by atoms with van der Waals surface area (Å²) in [6.07, 6.45) is 3.82. The van der Waals surface area contributed by atoms with E-state index in [9.17, 15) is 5.11 Å². The van der Waals surface area contributed by atoms with Gasteiger partial charge in [0.15, 0.2) is 11.5 Å². The van der Waals surface area contributed by atoms with Crippen LogP contribution in [0.4, 0.5) is 0 Å². The van der Waals surface area contributed by atoms with Gasteiger partial charge in [0.2, 0.25) is 6.79 Å². The van der Waals surface area contributed by atoms with E-state index in [0.717, 1.165) is 28.1 Å². The van der Waals surface area contributed by atoms with Crippen molar-refractivity contribution in [3.8, 4) is 17.2 Å². The zero-order valence-corrected chi connectivity index (χ0v) is 11.7. The number of phenolic OH excluding ortho intramolecular Hbond substituents is 1. The number of pyridine rings is 1. The highest BCUT2D eigenvalue weighted by molar-refractivity contribution is 5.86. The third-order valence-electron chi connectivity index (χ3n) is 3.58. The number of rotatable bonds is 2. The van der Waals surface area contributed by atoms with E-state index in [1.54, 1.807) is 12.1 Å². The van der Waals surface area contributed by atoms with Crippen LogP contribution in [0.2, 0.25) is 0 Å². The highest BCUT2D eigenvalue weighted by Crippen LogP contribution is 2.36. The van der Waals surface area contributed by atoms with Gasteiger partial charge in [-0.25, -0.2) is 4.98 Å². The second-order valence-corrected chi connectivity index (χ2v) is 5.00. The first-order valence-corrected chi connectivity index (χ1v) is 6.97. The molecule has 0 atom stereocenters. The second kappa shape index (κ2) is 5.07. The summed E-state index contributed by atoms with van der Waals surface area (Å²) in [6, 6.07) is 15.0. The molecule has 4 heteroatoms. The van der Waals surface area contributed by atoms with Gasteiger partial charge in [-0.2, -0.15) is 0 Å². The van der Waals surface area contributed by atoms with Gasteiger partial charge in [0.1, 0.15) is 11.3 Å². The van der Waals surface area contributed by atoms with Crippen molar-refractivity contribution in [1.29, 1.82) is 0 Å². The Morgan fingerprint density at radius 3 is 2.82 bits per heavy atom. The number of hydrogen-bond acceptors (Lipinski definition) is 4. The standard InChI is InChI=1S/C18H13NO3/c20-15-5-1-3-12-7-9-14(19-17(12)15)10-8-13-4-2-6-16-18(13)22-11-21-16/h1-10,20H,11H2. The van der Waals surface area contributed by atoms with Gasteiger partial charge < -0.3 is 14.6 Å². The summed E-state index contributed by atoms with van der Waals surface area (Å²) < 4.78 is 10.8. The number of phenols is 1. The van der Waals surface area contributed by atoms with E-state index in [4.69, 9.17) is 9.47 Å². The minimum atomic E-state index is 0.185. The van der Waals surface area contributed by atoms with E-state index in [1.165, 1.54) is 0 Å². The lowest BCUT2D eigenvalue weighted by atomic mass is 10.1. The van der Waals surface area contributed by atoms with Crippen LogP contribution in [0.25, 0.3) is 23.1 Å². The number of para-hydroxylation sites is 2. The summed E-state index contributed by atoms with van der Waals surface area (Å²) in [7, 11) is 0. The van der Waals surface area contributed by atoms with E-state index in [1.807, 2.05) is 48.6 Å². The van der Waals surface area contributed by atoms with Crippen LogP contribution in [0, 0.1) is 0 Å². The molecule has 0 fully saturated rings. The number of aromatic hydroxyl groups is 1. The van der Waals surface area contributed by atoms with Gasteiger partial charge in [0.25, 0.3) is 0 Å². The molecule has 0 saturated carbocycles. The van der Waals surface area contributed by atoms with Crippen LogP contribution in [0.3, 0.4) is 0 Å². The van der Waals surface area contributed by atoms with Crippen LogP contribution in [-0.4, -0.2) is 16.9 Å². The van der Waals surface area contributed by atoms with Gasteiger partial charge in [-0.05, 0) is 30.4 Å². The molecular weight excluding hydrogens is 278 g/mol. The minimum absolute atomic E-state index is 0.185.